The van der Waals surface area contributed by atoms with Crippen molar-refractivity contribution in [2.75, 3.05) is 11.1 Å². The highest BCUT2D eigenvalue weighted by molar-refractivity contribution is 5.51. The molecule has 0 aliphatic rings. The van der Waals surface area contributed by atoms with Crippen molar-refractivity contribution in [3.8, 4) is 0 Å². The maximum atomic E-state index is 5.82. The van der Waals surface area contributed by atoms with Gasteiger partial charge < -0.3 is 11.1 Å². The molecular formula is C15H16N4. The van der Waals surface area contributed by atoms with Crippen LogP contribution in [0.3, 0.4) is 0 Å². The number of hydrogen-bond donors (Lipinski definition) is 2. The van der Waals surface area contributed by atoms with Gasteiger partial charge in [0.25, 0.3) is 0 Å². The van der Waals surface area contributed by atoms with E-state index in [4.69, 9.17) is 5.73 Å². The molecular weight excluding hydrogens is 236 g/mol. The van der Waals surface area contributed by atoms with E-state index in [1.807, 2.05) is 47.0 Å². The number of anilines is 2. The van der Waals surface area contributed by atoms with Crippen LogP contribution in [0.2, 0.25) is 0 Å². The van der Waals surface area contributed by atoms with Crippen molar-refractivity contribution >= 4 is 17.2 Å². The smallest absolute Gasteiger partial charge is 0.138 e. The first kappa shape index (κ1) is 11.6. The summed E-state index contributed by atoms with van der Waals surface area (Å²) in [6.45, 7) is 2.12. The number of fused-ring (bicyclic) bond motifs is 1. The number of aromatic nitrogens is 2. The fraction of sp³-hybridized carbons (Fsp3) is 0.133. The van der Waals surface area contributed by atoms with Crippen LogP contribution in [0, 0.1) is 0 Å². The number of nitrogen functional groups attached to an aromatic ring is 1. The lowest BCUT2D eigenvalue weighted by atomic mass is 10.1. The maximum Gasteiger partial charge on any atom is 0.138 e. The maximum absolute atomic E-state index is 5.82. The zero-order chi connectivity index (χ0) is 13.2. The minimum atomic E-state index is 0.177. The highest BCUT2D eigenvalue weighted by Crippen LogP contribution is 2.21. The molecule has 0 spiro atoms. The van der Waals surface area contributed by atoms with E-state index in [-0.39, 0.29) is 6.04 Å². The highest BCUT2D eigenvalue weighted by Gasteiger charge is 2.07. The van der Waals surface area contributed by atoms with E-state index in [0.29, 0.717) is 0 Å². The van der Waals surface area contributed by atoms with E-state index >= 15 is 0 Å². The summed E-state index contributed by atoms with van der Waals surface area (Å²) < 4.78 is 2.03. The van der Waals surface area contributed by atoms with E-state index in [1.165, 1.54) is 0 Å². The molecule has 4 nitrogen and oxygen atoms in total. The summed E-state index contributed by atoms with van der Waals surface area (Å²) in [4.78, 5) is 4.28. The Bertz CT molecular complexity index is 702. The fourth-order valence-corrected chi connectivity index (χ4v) is 2.20. The first-order chi connectivity index (χ1) is 9.24. The summed E-state index contributed by atoms with van der Waals surface area (Å²) in [6, 6.07) is 14.1. The van der Waals surface area contributed by atoms with Crippen molar-refractivity contribution in [2.24, 2.45) is 0 Å². The summed E-state index contributed by atoms with van der Waals surface area (Å²) in [5.74, 6) is 1.02. The van der Waals surface area contributed by atoms with Gasteiger partial charge in [0, 0.05) is 24.1 Å². The number of nitrogens with one attached hydrogen (secondary N) is 1. The number of rotatable bonds is 3. The molecule has 4 heteroatoms. The Kier molecular flexibility index (Phi) is 2.83. The number of nitrogens with two attached hydrogens (primary N) is 1. The van der Waals surface area contributed by atoms with Gasteiger partial charge in [-0.3, -0.25) is 4.40 Å². The number of benzene rings is 1. The summed E-state index contributed by atoms with van der Waals surface area (Å²) in [7, 11) is 0. The van der Waals surface area contributed by atoms with Crippen LogP contribution in [0.1, 0.15) is 18.5 Å². The van der Waals surface area contributed by atoms with Crippen molar-refractivity contribution in [3.05, 3.63) is 60.4 Å². The Morgan fingerprint density at radius 3 is 2.89 bits per heavy atom. The average molecular weight is 252 g/mol. The van der Waals surface area contributed by atoms with Gasteiger partial charge in [-0.15, -0.1) is 0 Å². The number of imidazole rings is 1. The van der Waals surface area contributed by atoms with Crippen molar-refractivity contribution < 1.29 is 0 Å². The molecule has 0 bridgehead atoms. The summed E-state index contributed by atoms with van der Waals surface area (Å²) in [6.07, 6.45) is 3.75. The second-order valence-electron chi connectivity index (χ2n) is 4.60. The van der Waals surface area contributed by atoms with Gasteiger partial charge in [-0.2, -0.15) is 0 Å². The highest BCUT2D eigenvalue weighted by atomic mass is 15.1. The van der Waals surface area contributed by atoms with Crippen LogP contribution in [-0.2, 0) is 0 Å². The monoisotopic (exact) mass is 252 g/mol. The molecule has 3 rings (SSSR count). The van der Waals surface area contributed by atoms with Gasteiger partial charge in [-0.25, -0.2) is 4.98 Å². The van der Waals surface area contributed by atoms with Gasteiger partial charge >= 0.3 is 0 Å². The van der Waals surface area contributed by atoms with E-state index < -0.39 is 0 Å². The largest absolute Gasteiger partial charge is 0.399 e. The standard InChI is InChI=1S/C15H16N4/c1-11(12-4-2-5-13(16)10-12)18-15-7-3-6-14-17-8-9-19(14)15/h2-11,18H,16H2,1H3. The quantitative estimate of drug-likeness (QED) is 0.704. The molecule has 0 amide bonds. The molecule has 1 aromatic carbocycles. The zero-order valence-electron chi connectivity index (χ0n) is 10.7. The minimum Gasteiger partial charge on any atom is -0.399 e. The fourth-order valence-electron chi connectivity index (χ4n) is 2.20. The number of hydrogen-bond acceptors (Lipinski definition) is 3. The van der Waals surface area contributed by atoms with Gasteiger partial charge in [-0.05, 0) is 36.8 Å². The third-order valence-corrected chi connectivity index (χ3v) is 3.20. The lowest BCUT2D eigenvalue weighted by molar-refractivity contribution is 0.869. The Morgan fingerprint density at radius 1 is 1.21 bits per heavy atom. The summed E-state index contributed by atoms with van der Waals surface area (Å²) in [5.41, 5.74) is 8.70. The third kappa shape index (κ3) is 2.25. The second-order valence-corrected chi connectivity index (χ2v) is 4.60. The van der Waals surface area contributed by atoms with Crippen molar-refractivity contribution in [3.63, 3.8) is 0 Å². The van der Waals surface area contributed by atoms with Crippen LogP contribution < -0.4 is 11.1 Å². The Hall–Kier alpha value is -2.49. The van der Waals surface area contributed by atoms with Crippen LogP contribution >= 0.6 is 0 Å². The van der Waals surface area contributed by atoms with Gasteiger partial charge in [0.05, 0.1) is 0 Å². The van der Waals surface area contributed by atoms with E-state index in [2.05, 4.69) is 23.3 Å². The third-order valence-electron chi connectivity index (χ3n) is 3.20. The van der Waals surface area contributed by atoms with Crippen molar-refractivity contribution in [2.45, 2.75) is 13.0 Å². The Morgan fingerprint density at radius 2 is 2.05 bits per heavy atom. The molecule has 3 N–H and O–H groups in total. The van der Waals surface area contributed by atoms with Crippen LogP contribution in [0.15, 0.2) is 54.9 Å². The molecule has 0 saturated carbocycles. The van der Waals surface area contributed by atoms with Crippen molar-refractivity contribution in [1.29, 1.82) is 0 Å². The molecule has 96 valence electrons. The van der Waals surface area contributed by atoms with Crippen LogP contribution in [-0.4, -0.2) is 9.38 Å². The Balaban J connectivity index is 1.90. The summed E-state index contributed by atoms with van der Waals surface area (Å²) in [5, 5.41) is 3.48. The van der Waals surface area contributed by atoms with Crippen molar-refractivity contribution in [1.82, 2.24) is 9.38 Å². The van der Waals surface area contributed by atoms with Crippen LogP contribution in [0.25, 0.3) is 5.65 Å². The number of pyridine rings is 1. The first-order valence-corrected chi connectivity index (χ1v) is 6.28. The minimum absolute atomic E-state index is 0.177. The SMILES string of the molecule is CC(Nc1cccc2nccn12)c1cccc(N)c1. The molecule has 0 fully saturated rings. The lowest BCUT2D eigenvalue weighted by Crippen LogP contribution is -2.09. The predicted octanol–water partition coefficient (Wildman–Crippen LogP) is 3.09. The molecule has 3 aromatic rings. The van der Waals surface area contributed by atoms with Gasteiger partial charge in [0.1, 0.15) is 11.5 Å². The predicted molar refractivity (Wildman–Crippen MR) is 78.1 cm³/mol. The molecule has 0 aliphatic carbocycles. The molecule has 0 radical (unpaired) electrons. The van der Waals surface area contributed by atoms with E-state index in [0.717, 1.165) is 22.7 Å². The average Bonchev–Trinajstić information content (AvgIpc) is 2.88. The lowest BCUT2D eigenvalue weighted by Gasteiger charge is -2.17. The molecule has 19 heavy (non-hydrogen) atoms. The zero-order valence-corrected chi connectivity index (χ0v) is 10.7. The molecule has 0 aliphatic heterocycles. The van der Waals surface area contributed by atoms with Gasteiger partial charge in [-0.1, -0.05) is 18.2 Å². The number of nitrogens with zero attached hydrogens (tertiary/aromatic N) is 2. The van der Waals surface area contributed by atoms with E-state index in [9.17, 15) is 0 Å². The molecule has 2 aromatic heterocycles. The Labute approximate surface area is 111 Å². The molecule has 0 saturated heterocycles. The topological polar surface area (TPSA) is 55.4 Å². The van der Waals surface area contributed by atoms with Crippen LogP contribution in [0.4, 0.5) is 11.5 Å². The van der Waals surface area contributed by atoms with E-state index in [1.54, 1.807) is 6.20 Å². The normalized spacial score (nSPS) is 12.5. The van der Waals surface area contributed by atoms with Gasteiger partial charge in [0.15, 0.2) is 0 Å². The molecule has 2 heterocycles. The molecule has 1 unspecified atom stereocenters. The molecule has 1 atom stereocenters. The van der Waals surface area contributed by atoms with Crippen LogP contribution in [0.5, 0.6) is 0 Å². The second kappa shape index (κ2) is 4.65. The van der Waals surface area contributed by atoms with Gasteiger partial charge in [0.2, 0.25) is 0 Å². The first-order valence-electron chi connectivity index (χ1n) is 6.28. The summed E-state index contributed by atoms with van der Waals surface area (Å²) >= 11 is 0.